The summed E-state index contributed by atoms with van der Waals surface area (Å²) in [5.74, 6) is 0.528. The van der Waals surface area contributed by atoms with Crippen molar-refractivity contribution in [3.63, 3.8) is 0 Å². The third-order valence-corrected chi connectivity index (χ3v) is 3.82. The van der Waals surface area contributed by atoms with Gasteiger partial charge in [0.15, 0.2) is 0 Å². The molecule has 3 nitrogen and oxygen atoms in total. The lowest BCUT2D eigenvalue weighted by atomic mass is 9.54. The first-order chi connectivity index (χ1) is 7.08. The Bertz CT molecular complexity index is 278. The highest BCUT2D eigenvalue weighted by molar-refractivity contribution is 5.36. The van der Waals surface area contributed by atoms with Crippen LogP contribution >= 0.6 is 0 Å². The maximum absolute atomic E-state index is 10.5. The molecule has 0 spiro atoms. The van der Waals surface area contributed by atoms with Gasteiger partial charge >= 0.3 is 0 Å². The van der Waals surface area contributed by atoms with E-state index in [1.807, 2.05) is 0 Å². The number of aliphatic imine (C=N–C) groups is 1. The third-order valence-electron chi connectivity index (χ3n) is 3.82. The molecule has 0 amide bonds. The average molecular weight is 209 g/mol. The Morgan fingerprint density at radius 1 is 1.27 bits per heavy atom. The van der Waals surface area contributed by atoms with Crippen LogP contribution in [0, 0.1) is 11.3 Å². The van der Waals surface area contributed by atoms with Gasteiger partial charge in [0, 0.05) is 13.2 Å². The molecule has 0 aromatic heterocycles. The van der Waals surface area contributed by atoms with Gasteiger partial charge in [0.2, 0.25) is 6.08 Å². The van der Waals surface area contributed by atoms with Gasteiger partial charge in [-0.2, -0.15) is 4.99 Å². The number of hydrogen-bond donors (Lipinski definition) is 0. The number of ether oxygens (including phenoxy) is 1. The van der Waals surface area contributed by atoms with E-state index < -0.39 is 0 Å². The van der Waals surface area contributed by atoms with Crippen molar-refractivity contribution in [2.24, 2.45) is 16.3 Å². The number of rotatable bonds is 2. The molecule has 0 aromatic carbocycles. The summed E-state index contributed by atoms with van der Waals surface area (Å²) < 4.78 is 5.35. The molecule has 0 N–H and O–H groups in total. The first kappa shape index (κ1) is 10.8. The van der Waals surface area contributed by atoms with Gasteiger partial charge < -0.3 is 4.74 Å². The summed E-state index contributed by atoms with van der Waals surface area (Å²) in [6.07, 6.45) is 5.92. The van der Waals surface area contributed by atoms with Crippen LogP contribution in [0.3, 0.4) is 0 Å². The number of isocyanates is 1. The zero-order valence-corrected chi connectivity index (χ0v) is 9.58. The second kappa shape index (κ2) is 3.73. The van der Waals surface area contributed by atoms with E-state index in [1.165, 1.54) is 0 Å². The van der Waals surface area contributed by atoms with Crippen molar-refractivity contribution in [3.05, 3.63) is 0 Å². The third kappa shape index (κ3) is 1.99. The molecular weight excluding hydrogens is 190 g/mol. The van der Waals surface area contributed by atoms with Crippen LogP contribution in [0.2, 0.25) is 0 Å². The fourth-order valence-electron chi connectivity index (χ4n) is 3.39. The van der Waals surface area contributed by atoms with E-state index in [4.69, 9.17) is 4.74 Å². The zero-order chi connectivity index (χ0) is 10.9. The molecule has 1 aliphatic heterocycles. The Morgan fingerprint density at radius 2 is 1.87 bits per heavy atom. The largest absolute Gasteiger partial charge is 0.381 e. The van der Waals surface area contributed by atoms with Gasteiger partial charge in [-0.05, 0) is 37.0 Å². The summed E-state index contributed by atoms with van der Waals surface area (Å²) in [6, 6.07) is 0. The van der Waals surface area contributed by atoms with E-state index in [0.29, 0.717) is 11.3 Å². The second-order valence-corrected chi connectivity index (χ2v) is 5.71. The Hall–Kier alpha value is -0.660. The Labute approximate surface area is 90.9 Å². The van der Waals surface area contributed by atoms with Crippen LogP contribution in [-0.2, 0) is 9.53 Å². The molecule has 2 aliphatic rings. The lowest BCUT2D eigenvalue weighted by Gasteiger charge is -2.54. The SMILES string of the molecule is CC1(C)CC(N=C=O)(C2CCOCC2)C1. The molecule has 1 aliphatic carbocycles. The molecule has 2 fully saturated rings. The Balaban J connectivity index is 2.10. The summed E-state index contributed by atoms with van der Waals surface area (Å²) in [5.41, 5.74) is 0.244. The topological polar surface area (TPSA) is 38.7 Å². The standard InChI is InChI=1S/C12H19NO2/c1-11(2)7-12(8-11,13-9-14)10-3-5-15-6-4-10/h10H,3-8H2,1-2H3. The maximum atomic E-state index is 10.5. The molecule has 0 aromatic rings. The number of hydrogen-bond acceptors (Lipinski definition) is 3. The van der Waals surface area contributed by atoms with Crippen molar-refractivity contribution in [2.45, 2.75) is 45.1 Å². The zero-order valence-electron chi connectivity index (χ0n) is 9.58. The molecule has 2 rings (SSSR count). The fraction of sp³-hybridized carbons (Fsp3) is 0.917. The van der Waals surface area contributed by atoms with E-state index >= 15 is 0 Å². The first-order valence-corrected chi connectivity index (χ1v) is 5.75. The van der Waals surface area contributed by atoms with Gasteiger partial charge in [-0.25, -0.2) is 4.79 Å². The van der Waals surface area contributed by atoms with Gasteiger partial charge in [0.1, 0.15) is 0 Å². The summed E-state index contributed by atoms with van der Waals surface area (Å²) in [4.78, 5) is 14.7. The molecule has 0 unspecified atom stereocenters. The highest BCUT2D eigenvalue weighted by atomic mass is 16.5. The Kier molecular flexibility index (Phi) is 2.70. The molecule has 1 saturated carbocycles. The smallest absolute Gasteiger partial charge is 0.235 e. The molecule has 15 heavy (non-hydrogen) atoms. The minimum Gasteiger partial charge on any atom is -0.381 e. The van der Waals surface area contributed by atoms with E-state index in [-0.39, 0.29) is 5.54 Å². The lowest BCUT2D eigenvalue weighted by molar-refractivity contribution is -0.0334. The van der Waals surface area contributed by atoms with E-state index in [9.17, 15) is 4.79 Å². The molecule has 3 heteroatoms. The fourth-order valence-corrected chi connectivity index (χ4v) is 3.39. The van der Waals surface area contributed by atoms with Gasteiger partial charge in [-0.3, -0.25) is 0 Å². The monoisotopic (exact) mass is 209 g/mol. The van der Waals surface area contributed by atoms with Crippen molar-refractivity contribution in [1.82, 2.24) is 0 Å². The van der Waals surface area contributed by atoms with Gasteiger partial charge in [0.25, 0.3) is 0 Å². The second-order valence-electron chi connectivity index (χ2n) is 5.71. The van der Waals surface area contributed by atoms with Crippen LogP contribution in [-0.4, -0.2) is 24.8 Å². The minimum absolute atomic E-state index is 0.102. The molecule has 84 valence electrons. The van der Waals surface area contributed by atoms with Crippen molar-refractivity contribution < 1.29 is 9.53 Å². The molecule has 0 radical (unpaired) electrons. The molecule has 1 saturated heterocycles. The first-order valence-electron chi connectivity index (χ1n) is 5.75. The molecule has 1 heterocycles. The average Bonchev–Trinajstić information content (AvgIpc) is 2.16. The normalized spacial score (nSPS) is 28.9. The van der Waals surface area contributed by atoms with Crippen molar-refractivity contribution in [2.75, 3.05) is 13.2 Å². The number of carbonyl (C=O) groups excluding carboxylic acids is 1. The molecule has 0 bridgehead atoms. The van der Waals surface area contributed by atoms with Crippen molar-refractivity contribution in [3.8, 4) is 0 Å². The van der Waals surface area contributed by atoms with Gasteiger partial charge in [-0.1, -0.05) is 13.8 Å². The highest BCUT2D eigenvalue weighted by Crippen LogP contribution is 2.55. The van der Waals surface area contributed by atoms with Gasteiger partial charge in [0.05, 0.1) is 5.54 Å². The van der Waals surface area contributed by atoms with E-state index in [2.05, 4.69) is 18.8 Å². The van der Waals surface area contributed by atoms with Crippen molar-refractivity contribution in [1.29, 1.82) is 0 Å². The quantitative estimate of drug-likeness (QED) is 0.517. The van der Waals surface area contributed by atoms with Crippen LogP contribution in [0.4, 0.5) is 0 Å². The van der Waals surface area contributed by atoms with Crippen molar-refractivity contribution >= 4 is 6.08 Å². The summed E-state index contributed by atoms with van der Waals surface area (Å²) in [5, 5.41) is 0. The molecule has 0 atom stereocenters. The van der Waals surface area contributed by atoms with Crippen LogP contribution in [0.1, 0.15) is 39.5 Å². The molecular formula is C12H19NO2. The van der Waals surface area contributed by atoms with Crippen LogP contribution < -0.4 is 0 Å². The number of nitrogens with zero attached hydrogens (tertiary/aromatic N) is 1. The Morgan fingerprint density at radius 3 is 2.33 bits per heavy atom. The predicted octanol–water partition coefficient (Wildman–Crippen LogP) is 2.31. The van der Waals surface area contributed by atoms with Crippen LogP contribution in [0.5, 0.6) is 0 Å². The highest BCUT2D eigenvalue weighted by Gasteiger charge is 2.54. The summed E-state index contributed by atoms with van der Waals surface area (Å²) in [6.45, 7) is 6.12. The minimum atomic E-state index is -0.102. The predicted molar refractivity (Wildman–Crippen MR) is 57.4 cm³/mol. The van der Waals surface area contributed by atoms with Gasteiger partial charge in [-0.15, -0.1) is 0 Å². The lowest BCUT2D eigenvalue weighted by Crippen LogP contribution is -2.53. The summed E-state index contributed by atoms with van der Waals surface area (Å²) in [7, 11) is 0. The van der Waals surface area contributed by atoms with Crippen LogP contribution in [0.15, 0.2) is 4.99 Å². The maximum Gasteiger partial charge on any atom is 0.235 e. The van der Waals surface area contributed by atoms with E-state index in [0.717, 1.165) is 38.9 Å². The van der Waals surface area contributed by atoms with E-state index in [1.54, 1.807) is 6.08 Å². The van der Waals surface area contributed by atoms with Crippen LogP contribution in [0.25, 0.3) is 0 Å². The summed E-state index contributed by atoms with van der Waals surface area (Å²) >= 11 is 0.